The van der Waals surface area contributed by atoms with Crippen molar-refractivity contribution in [2.24, 2.45) is 5.41 Å². The second-order valence-corrected chi connectivity index (χ2v) is 8.06. The van der Waals surface area contributed by atoms with Crippen molar-refractivity contribution >= 4 is 11.8 Å². The van der Waals surface area contributed by atoms with E-state index in [9.17, 15) is 14.0 Å². The molecule has 28 heavy (non-hydrogen) atoms. The minimum absolute atomic E-state index is 0.0185. The molecular weight excluding hydrogens is 357 g/mol. The SMILES string of the molecule is C=CCN1CC2(CCC1=O)CCN(CCC(=O)NCc1ccc(F)cc1)CC2. The second kappa shape index (κ2) is 9.32. The maximum absolute atomic E-state index is 12.9. The summed E-state index contributed by atoms with van der Waals surface area (Å²) in [6.07, 6.45) is 6.03. The molecule has 152 valence electrons. The molecule has 2 fully saturated rings. The summed E-state index contributed by atoms with van der Waals surface area (Å²) in [4.78, 5) is 28.4. The zero-order valence-corrected chi connectivity index (χ0v) is 16.5. The van der Waals surface area contributed by atoms with Crippen LogP contribution in [0.25, 0.3) is 0 Å². The number of piperidine rings is 2. The van der Waals surface area contributed by atoms with Crippen molar-refractivity contribution in [2.45, 2.75) is 38.6 Å². The van der Waals surface area contributed by atoms with Gasteiger partial charge in [0.05, 0.1) is 0 Å². The maximum Gasteiger partial charge on any atom is 0.222 e. The highest BCUT2D eigenvalue weighted by atomic mass is 19.1. The molecule has 0 atom stereocenters. The van der Waals surface area contributed by atoms with Crippen LogP contribution in [-0.2, 0) is 16.1 Å². The van der Waals surface area contributed by atoms with Gasteiger partial charge in [0.2, 0.25) is 11.8 Å². The molecule has 2 heterocycles. The number of benzene rings is 1. The number of hydrogen-bond acceptors (Lipinski definition) is 3. The summed E-state index contributed by atoms with van der Waals surface area (Å²) < 4.78 is 12.9. The van der Waals surface area contributed by atoms with Crippen molar-refractivity contribution in [3.05, 3.63) is 48.3 Å². The van der Waals surface area contributed by atoms with Gasteiger partial charge in [-0.3, -0.25) is 9.59 Å². The Morgan fingerprint density at radius 3 is 2.61 bits per heavy atom. The summed E-state index contributed by atoms with van der Waals surface area (Å²) in [6, 6.07) is 6.18. The first-order chi connectivity index (χ1) is 13.5. The molecule has 0 saturated carbocycles. The molecule has 5 nitrogen and oxygen atoms in total. The molecule has 1 aromatic carbocycles. The quantitative estimate of drug-likeness (QED) is 0.732. The third-order valence-electron chi connectivity index (χ3n) is 6.07. The number of likely N-dealkylation sites (tertiary alicyclic amines) is 2. The summed E-state index contributed by atoms with van der Waals surface area (Å²) in [5.74, 6) is -0.0105. The van der Waals surface area contributed by atoms with E-state index >= 15 is 0 Å². The predicted molar refractivity (Wildman–Crippen MR) is 107 cm³/mol. The third kappa shape index (κ3) is 5.41. The minimum atomic E-state index is -0.270. The van der Waals surface area contributed by atoms with E-state index in [1.807, 2.05) is 4.90 Å². The maximum atomic E-state index is 12.9. The molecule has 1 N–H and O–H groups in total. The summed E-state index contributed by atoms with van der Waals surface area (Å²) in [7, 11) is 0. The highest BCUT2D eigenvalue weighted by Crippen LogP contribution is 2.40. The fourth-order valence-corrected chi connectivity index (χ4v) is 4.23. The molecule has 2 aliphatic rings. The van der Waals surface area contributed by atoms with Gasteiger partial charge >= 0.3 is 0 Å². The number of rotatable bonds is 7. The van der Waals surface area contributed by atoms with Gasteiger partial charge < -0.3 is 15.1 Å². The van der Waals surface area contributed by atoms with Crippen molar-refractivity contribution in [2.75, 3.05) is 32.7 Å². The van der Waals surface area contributed by atoms with Crippen LogP contribution in [0, 0.1) is 11.2 Å². The van der Waals surface area contributed by atoms with E-state index in [1.165, 1.54) is 12.1 Å². The lowest BCUT2D eigenvalue weighted by Gasteiger charge is -2.47. The van der Waals surface area contributed by atoms with Gasteiger partial charge in [0.15, 0.2) is 0 Å². The highest BCUT2D eigenvalue weighted by Gasteiger charge is 2.40. The molecule has 0 unspecified atom stereocenters. The first-order valence-electron chi connectivity index (χ1n) is 10.1. The third-order valence-corrected chi connectivity index (χ3v) is 6.07. The Kier molecular flexibility index (Phi) is 6.83. The number of nitrogens with one attached hydrogen (secondary N) is 1. The van der Waals surface area contributed by atoms with Gasteiger partial charge in [-0.25, -0.2) is 4.39 Å². The molecule has 1 spiro atoms. The van der Waals surface area contributed by atoms with Crippen LogP contribution in [0.1, 0.15) is 37.7 Å². The minimum Gasteiger partial charge on any atom is -0.352 e. The zero-order chi connectivity index (χ0) is 20.0. The van der Waals surface area contributed by atoms with Crippen LogP contribution < -0.4 is 5.32 Å². The smallest absolute Gasteiger partial charge is 0.222 e. The Labute approximate surface area is 166 Å². The highest BCUT2D eigenvalue weighted by molar-refractivity contribution is 5.77. The summed E-state index contributed by atoms with van der Waals surface area (Å²) in [5.41, 5.74) is 1.13. The fourth-order valence-electron chi connectivity index (χ4n) is 4.23. The summed E-state index contributed by atoms with van der Waals surface area (Å²) in [6.45, 7) is 8.36. The van der Waals surface area contributed by atoms with E-state index in [-0.39, 0.29) is 23.0 Å². The number of amides is 2. The molecule has 0 aromatic heterocycles. The molecule has 2 saturated heterocycles. The van der Waals surface area contributed by atoms with Crippen LogP contribution >= 0.6 is 0 Å². The standard InChI is InChI=1S/C22H30FN3O2/c1-2-12-26-17-22(9-7-21(26)28)10-14-25(15-11-22)13-8-20(27)24-16-18-3-5-19(23)6-4-18/h2-6H,1,7-17H2,(H,24,27). The molecule has 1 aromatic rings. The van der Waals surface area contributed by atoms with E-state index in [4.69, 9.17) is 0 Å². The number of carbonyl (C=O) groups excluding carboxylic acids is 2. The Hall–Kier alpha value is -2.21. The zero-order valence-electron chi connectivity index (χ0n) is 16.5. The van der Waals surface area contributed by atoms with Crippen molar-refractivity contribution < 1.29 is 14.0 Å². The fraction of sp³-hybridized carbons (Fsp3) is 0.545. The van der Waals surface area contributed by atoms with E-state index < -0.39 is 0 Å². The molecule has 0 bridgehead atoms. The number of nitrogens with zero attached hydrogens (tertiary/aromatic N) is 2. The predicted octanol–water partition coefficient (Wildman–Crippen LogP) is 2.72. The average molecular weight is 387 g/mol. The van der Waals surface area contributed by atoms with Crippen LogP contribution in [0.15, 0.2) is 36.9 Å². The average Bonchev–Trinajstić information content (AvgIpc) is 2.70. The van der Waals surface area contributed by atoms with Crippen LogP contribution in [0.5, 0.6) is 0 Å². The van der Waals surface area contributed by atoms with Gasteiger partial charge in [0.25, 0.3) is 0 Å². The Morgan fingerprint density at radius 2 is 1.93 bits per heavy atom. The lowest BCUT2D eigenvalue weighted by atomic mass is 9.72. The van der Waals surface area contributed by atoms with Gasteiger partial charge in [0.1, 0.15) is 5.82 Å². The first-order valence-corrected chi connectivity index (χ1v) is 10.1. The summed E-state index contributed by atoms with van der Waals surface area (Å²) in [5, 5.41) is 2.90. The molecule has 6 heteroatoms. The van der Waals surface area contributed by atoms with Gasteiger partial charge in [-0.1, -0.05) is 18.2 Å². The van der Waals surface area contributed by atoms with E-state index in [0.717, 1.165) is 51.0 Å². The topological polar surface area (TPSA) is 52.7 Å². The number of hydrogen-bond donors (Lipinski definition) is 1. The monoisotopic (exact) mass is 387 g/mol. The lowest BCUT2D eigenvalue weighted by molar-refractivity contribution is -0.138. The normalized spacial score (nSPS) is 19.6. The van der Waals surface area contributed by atoms with Crippen LogP contribution in [0.2, 0.25) is 0 Å². The Morgan fingerprint density at radius 1 is 1.21 bits per heavy atom. The van der Waals surface area contributed by atoms with Gasteiger partial charge in [0, 0.05) is 39.0 Å². The van der Waals surface area contributed by atoms with Crippen molar-refractivity contribution in [3.8, 4) is 0 Å². The van der Waals surface area contributed by atoms with Gasteiger partial charge in [-0.05, 0) is 55.5 Å². The van der Waals surface area contributed by atoms with Crippen LogP contribution in [0.4, 0.5) is 4.39 Å². The molecular formula is C22H30FN3O2. The van der Waals surface area contributed by atoms with Crippen molar-refractivity contribution in [1.29, 1.82) is 0 Å². The van der Waals surface area contributed by atoms with E-state index in [0.29, 0.717) is 25.9 Å². The molecule has 0 aliphatic carbocycles. The summed E-state index contributed by atoms with van der Waals surface area (Å²) >= 11 is 0. The van der Waals surface area contributed by atoms with Crippen LogP contribution in [0.3, 0.4) is 0 Å². The number of halogens is 1. The van der Waals surface area contributed by atoms with Crippen LogP contribution in [-0.4, -0.2) is 54.3 Å². The molecule has 2 aliphatic heterocycles. The second-order valence-electron chi connectivity index (χ2n) is 8.06. The molecule has 0 radical (unpaired) electrons. The van der Waals surface area contributed by atoms with Crippen molar-refractivity contribution in [1.82, 2.24) is 15.1 Å². The molecule has 2 amide bonds. The van der Waals surface area contributed by atoms with Crippen molar-refractivity contribution in [3.63, 3.8) is 0 Å². The lowest BCUT2D eigenvalue weighted by Crippen LogP contribution is -2.51. The largest absolute Gasteiger partial charge is 0.352 e. The van der Waals surface area contributed by atoms with E-state index in [2.05, 4.69) is 16.8 Å². The van der Waals surface area contributed by atoms with E-state index in [1.54, 1.807) is 18.2 Å². The molecule has 3 rings (SSSR count). The number of carbonyl (C=O) groups is 2. The first kappa shape index (κ1) is 20.5. The Balaban J connectivity index is 1.38. The van der Waals surface area contributed by atoms with Gasteiger partial charge in [-0.15, -0.1) is 6.58 Å². The van der Waals surface area contributed by atoms with Gasteiger partial charge in [-0.2, -0.15) is 0 Å². The Bertz CT molecular complexity index is 696.